The molecular formula is C11H13NO3. The Labute approximate surface area is 88.2 Å². The summed E-state index contributed by atoms with van der Waals surface area (Å²) in [6.45, 7) is 2.37. The molecule has 80 valence electrons. The number of hydrogen-bond donors (Lipinski definition) is 1. The number of nitrogens with one attached hydrogen (secondary N) is 1. The third kappa shape index (κ3) is 1.88. The van der Waals surface area contributed by atoms with Crippen LogP contribution < -0.4 is 10.1 Å². The number of alkyl carbamates (subject to hydrolysis) is 1. The molecule has 1 aliphatic heterocycles. The molecule has 1 aliphatic rings. The Kier molecular flexibility index (Phi) is 2.49. The molecular weight excluding hydrogens is 194 g/mol. The Morgan fingerprint density at radius 2 is 2.33 bits per heavy atom. The molecule has 1 atom stereocenters. The van der Waals surface area contributed by atoms with E-state index in [0.717, 1.165) is 16.9 Å². The first-order valence-corrected chi connectivity index (χ1v) is 4.78. The highest BCUT2D eigenvalue weighted by molar-refractivity contribution is 5.70. The van der Waals surface area contributed by atoms with Crippen molar-refractivity contribution in [1.82, 2.24) is 5.32 Å². The predicted octanol–water partition coefficient (Wildman–Crippen LogP) is 1.78. The Hall–Kier alpha value is -1.71. The molecule has 1 N–H and O–H groups in total. The van der Waals surface area contributed by atoms with E-state index in [4.69, 9.17) is 9.47 Å². The molecule has 0 bridgehead atoms. The number of methoxy groups -OCH3 is 1. The van der Waals surface area contributed by atoms with Crippen LogP contribution in [0.15, 0.2) is 18.2 Å². The van der Waals surface area contributed by atoms with Crippen LogP contribution in [0.5, 0.6) is 5.75 Å². The van der Waals surface area contributed by atoms with Crippen LogP contribution in [-0.4, -0.2) is 19.8 Å². The Morgan fingerprint density at radius 1 is 1.53 bits per heavy atom. The predicted molar refractivity (Wildman–Crippen MR) is 55.0 cm³/mol. The third-order valence-electron chi connectivity index (χ3n) is 2.49. The lowest BCUT2D eigenvalue weighted by atomic mass is 10.0. The number of ether oxygens (including phenoxy) is 2. The summed E-state index contributed by atoms with van der Waals surface area (Å²) >= 11 is 0. The highest BCUT2D eigenvalue weighted by Crippen LogP contribution is 2.24. The molecule has 1 fully saturated rings. The van der Waals surface area contributed by atoms with Gasteiger partial charge in [0.05, 0.1) is 13.2 Å². The minimum atomic E-state index is -0.353. The largest absolute Gasteiger partial charge is 0.496 e. The first kappa shape index (κ1) is 9.83. The van der Waals surface area contributed by atoms with Gasteiger partial charge in [-0.2, -0.15) is 0 Å². The van der Waals surface area contributed by atoms with Crippen LogP contribution in [0.25, 0.3) is 0 Å². The van der Waals surface area contributed by atoms with Crippen molar-refractivity contribution in [1.29, 1.82) is 0 Å². The first-order valence-electron chi connectivity index (χ1n) is 4.78. The maximum Gasteiger partial charge on any atom is 0.407 e. The Balaban J connectivity index is 2.22. The molecule has 0 aromatic heterocycles. The van der Waals surface area contributed by atoms with Gasteiger partial charge in [-0.25, -0.2) is 4.79 Å². The van der Waals surface area contributed by atoms with Gasteiger partial charge in [0.1, 0.15) is 12.4 Å². The minimum Gasteiger partial charge on any atom is -0.496 e. The first-order chi connectivity index (χ1) is 7.20. The maximum atomic E-state index is 10.9. The van der Waals surface area contributed by atoms with Gasteiger partial charge < -0.3 is 14.8 Å². The van der Waals surface area contributed by atoms with Gasteiger partial charge in [0, 0.05) is 0 Å². The number of carbonyl (C=O) groups excluding carboxylic acids is 1. The molecule has 1 aromatic carbocycles. The number of cyclic esters (lactones) is 1. The summed E-state index contributed by atoms with van der Waals surface area (Å²) in [6, 6.07) is 5.79. The molecule has 1 heterocycles. The zero-order valence-corrected chi connectivity index (χ0v) is 8.74. The summed E-state index contributed by atoms with van der Waals surface area (Å²) in [4.78, 5) is 10.9. The van der Waals surface area contributed by atoms with Crippen LogP contribution in [0.2, 0.25) is 0 Å². The second-order valence-electron chi connectivity index (χ2n) is 3.52. The smallest absolute Gasteiger partial charge is 0.407 e. The number of carbonyl (C=O) groups is 1. The summed E-state index contributed by atoms with van der Waals surface area (Å²) in [6.07, 6.45) is -0.353. The fourth-order valence-electron chi connectivity index (χ4n) is 1.68. The van der Waals surface area contributed by atoms with E-state index in [9.17, 15) is 4.79 Å². The van der Waals surface area contributed by atoms with E-state index < -0.39 is 0 Å². The van der Waals surface area contributed by atoms with Crippen molar-refractivity contribution in [3.8, 4) is 5.75 Å². The quantitative estimate of drug-likeness (QED) is 0.804. The van der Waals surface area contributed by atoms with Crippen molar-refractivity contribution in [3.63, 3.8) is 0 Å². The second kappa shape index (κ2) is 3.81. The number of rotatable bonds is 2. The lowest BCUT2D eigenvalue weighted by molar-refractivity contribution is 0.177. The number of aryl methyl sites for hydroxylation is 1. The van der Waals surface area contributed by atoms with Crippen molar-refractivity contribution in [2.45, 2.75) is 13.0 Å². The average molecular weight is 207 g/mol. The fourth-order valence-corrected chi connectivity index (χ4v) is 1.68. The molecule has 1 amide bonds. The molecule has 0 spiro atoms. The molecule has 4 heteroatoms. The molecule has 0 saturated carbocycles. The SMILES string of the molecule is COc1ccc([C@H]2COC(=O)N2)cc1C. The van der Waals surface area contributed by atoms with Crippen LogP contribution in [-0.2, 0) is 4.74 Å². The molecule has 2 rings (SSSR count). The van der Waals surface area contributed by atoms with E-state index in [0.29, 0.717) is 6.61 Å². The van der Waals surface area contributed by atoms with Crippen LogP contribution in [0, 0.1) is 6.92 Å². The van der Waals surface area contributed by atoms with E-state index in [1.54, 1.807) is 7.11 Å². The normalized spacial score (nSPS) is 19.6. The zero-order chi connectivity index (χ0) is 10.8. The standard InChI is InChI=1S/C11H13NO3/c1-7-5-8(3-4-10(7)14-2)9-6-15-11(13)12-9/h3-5,9H,6H2,1-2H3,(H,12,13)/t9-/m1/s1. The number of hydrogen-bond acceptors (Lipinski definition) is 3. The van der Waals surface area contributed by atoms with Gasteiger partial charge in [-0.05, 0) is 24.1 Å². The Bertz CT molecular complexity index is 389. The summed E-state index contributed by atoms with van der Waals surface area (Å²) in [5.41, 5.74) is 2.09. The highest BCUT2D eigenvalue weighted by Gasteiger charge is 2.23. The van der Waals surface area contributed by atoms with E-state index in [1.165, 1.54) is 0 Å². The van der Waals surface area contributed by atoms with Crippen LogP contribution in [0.3, 0.4) is 0 Å². The topological polar surface area (TPSA) is 47.6 Å². The van der Waals surface area contributed by atoms with Crippen molar-refractivity contribution in [2.75, 3.05) is 13.7 Å². The second-order valence-corrected chi connectivity index (χ2v) is 3.52. The number of benzene rings is 1. The molecule has 1 aromatic rings. The van der Waals surface area contributed by atoms with Gasteiger partial charge in [0.2, 0.25) is 0 Å². The maximum absolute atomic E-state index is 10.9. The number of amides is 1. The van der Waals surface area contributed by atoms with Gasteiger partial charge in [-0.1, -0.05) is 12.1 Å². The molecule has 0 unspecified atom stereocenters. The zero-order valence-electron chi connectivity index (χ0n) is 8.74. The molecule has 0 radical (unpaired) electrons. The van der Waals surface area contributed by atoms with Gasteiger partial charge in [-0.3, -0.25) is 0 Å². The van der Waals surface area contributed by atoms with Crippen molar-refractivity contribution in [3.05, 3.63) is 29.3 Å². The van der Waals surface area contributed by atoms with E-state index in [-0.39, 0.29) is 12.1 Å². The van der Waals surface area contributed by atoms with E-state index in [1.807, 2.05) is 25.1 Å². The summed E-state index contributed by atoms with van der Waals surface area (Å²) < 4.78 is 10.0. The monoisotopic (exact) mass is 207 g/mol. The Morgan fingerprint density at radius 3 is 2.87 bits per heavy atom. The van der Waals surface area contributed by atoms with E-state index >= 15 is 0 Å². The molecule has 4 nitrogen and oxygen atoms in total. The van der Waals surface area contributed by atoms with Gasteiger partial charge in [-0.15, -0.1) is 0 Å². The third-order valence-corrected chi connectivity index (χ3v) is 2.49. The highest BCUT2D eigenvalue weighted by atomic mass is 16.6. The summed E-state index contributed by atoms with van der Waals surface area (Å²) in [7, 11) is 1.64. The average Bonchev–Trinajstić information content (AvgIpc) is 2.65. The van der Waals surface area contributed by atoms with Gasteiger partial charge in [0.25, 0.3) is 0 Å². The van der Waals surface area contributed by atoms with Gasteiger partial charge >= 0.3 is 6.09 Å². The summed E-state index contributed by atoms with van der Waals surface area (Å²) in [5.74, 6) is 0.851. The fraction of sp³-hybridized carbons (Fsp3) is 0.364. The van der Waals surface area contributed by atoms with Crippen LogP contribution in [0.4, 0.5) is 4.79 Å². The van der Waals surface area contributed by atoms with Crippen LogP contribution >= 0.6 is 0 Å². The molecule has 15 heavy (non-hydrogen) atoms. The van der Waals surface area contributed by atoms with E-state index in [2.05, 4.69) is 5.32 Å². The van der Waals surface area contributed by atoms with Gasteiger partial charge in [0.15, 0.2) is 0 Å². The lowest BCUT2D eigenvalue weighted by Crippen LogP contribution is -2.18. The van der Waals surface area contributed by atoms with Crippen molar-refractivity contribution in [2.24, 2.45) is 0 Å². The minimum absolute atomic E-state index is 0.0397. The summed E-state index contributed by atoms with van der Waals surface area (Å²) in [5, 5.41) is 2.73. The van der Waals surface area contributed by atoms with Crippen molar-refractivity contribution >= 4 is 6.09 Å². The lowest BCUT2D eigenvalue weighted by Gasteiger charge is -2.10. The molecule has 0 aliphatic carbocycles. The van der Waals surface area contributed by atoms with Crippen LogP contribution in [0.1, 0.15) is 17.2 Å². The van der Waals surface area contributed by atoms with Crippen molar-refractivity contribution < 1.29 is 14.3 Å². The molecule has 1 saturated heterocycles.